The zero-order valence-corrected chi connectivity index (χ0v) is 12.1. The van der Waals surface area contributed by atoms with Gasteiger partial charge >= 0.3 is 0 Å². The van der Waals surface area contributed by atoms with Gasteiger partial charge < -0.3 is 14.9 Å². The first-order valence-corrected chi connectivity index (χ1v) is 7.54. The first kappa shape index (κ1) is 14.9. The Bertz CT molecular complexity index is 437. The largest absolute Gasteiger partial charge is 0.389 e. The van der Waals surface area contributed by atoms with Crippen molar-refractivity contribution in [2.24, 2.45) is 0 Å². The third-order valence-corrected chi connectivity index (χ3v) is 4.35. The maximum atomic E-state index is 10.1. The second kappa shape index (κ2) is 6.81. The van der Waals surface area contributed by atoms with E-state index in [-0.39, 0.29) is 12.6 Å². The summed E-state index contributed by atoms with van der Waals surface area (Å²) >= 11 is 0. The highest BCUT2D eigenvalue weighted by Crippen LogP contribution is 2.17. The van der Waals surface area contributed by atoms with Crippen LogP contribution in [0.3, 0.4) is 0 Å². The minimum absolute atomic E-state index is 0.0919. The maximum Gasteiger partial charge on any atom is 0.105 e. The molecule has 0 aliphatic carbocycles. The van der Waals surface area contributed by atoms with Gasteiger partial charge in [-0.3, -0.25) is 14.8 Å². The van der Waals surface area contributed by atoms with Crippen LogP contribution in [-0.4, -0.2) is 82.6 Å². The lowest BCUT2D eigenvalue weighted by Gasteiger charge is -2.43. The first-order chi connectivity index (χ1) is 10.2. The molecule has 0 spiro atoms. The Morgan fingerprint density at radius 2 is 1.95 bits per heavy atom. The third kappa shape index (κ3) is 3.59. The van der Waals surface area contributed by atoms with E-state index < -0.39 is 12.2 Å². The van der Waals surface area contributed by atoms with Crippen LogP contribution < -0.4 is 0 Å². The van der Waals surface area contributed by atoms with Crippen molar-refractivity contribution in [1.29, 1.82) is 0 Å². The van der Waals surface area contributed by atoms with E-state index in [1.54, 1.807) is 0 Å². The quantitative estimate of drug-likeness (QED) is 0.770. The number of pyridine rings is 1. The number of nitrogens with zero attached hydrogens (tertiary/aromatic N) is 3. The van der Waals surface area contributed by atoms with E-state index in [1.807, 2.05) is 24.4 Å². The summed E-state index contributed by atoms with van der Waals surface area (Å²) in [5.74, 6) is 0. The Labute approximate surface area is 125 Å². The van der Waals surface area contributed by atoms with Crippen LogP contribution in [0.1, 0.15) is 5.69 Å². The molecule has 2 aliphatic heterocycles. The average Bonchev–Trinajstić information content (AvgIpc) is 2.52. The second-order valence-corrected chi connectivity index (χ2v) is 5.80. The molecule has 3 atom stereocenters. The molecule has 6 heteroatoms. The van der Waals surface area contributed by atoms with Crippen molar-refractivity contribution in [3.8, 4) is 0 Å². The molecule has 0 amide bonds. The van der Waals surface area contributed by atoms with E-state index in [2.05, 4.69) is 14.8 Å². The average molecular weight is 293 g/mol. The summed E-state index contributed by atoms with van der Waals surface area (Å²) < 4.78 is 5.37. The van der Waals surface area contributed by atoms with E-state index in [9.17, 15) is 10.2 Å². The molecule has 0 saturated carbocycles. The van der Waals surface area contributed by atoms with Crippen LogP contribution in [0.15, 0.2) is 24.4 Å². The molecular formula is C15H23N3O3. The molecule has 116 valence electrons. The zero-order valence-electron chi connectivity index (χ0n) is 12.1. The molecule has 3 rings (SSSR count). The van der Waals surface area contributed by atoms with Crippen LogP contribution in [0.25, 0.3) is 0 Å². The van der Waals surface area contributed by atoms with Gasteiger partial charge in [-0.05, 0) is 12.1 Å². The van der Waals surface area contributed by atoms with Gasteiger partial charge in [-0.15, -0.1) is 0 Å². The molecule has 21 heavy (non-hydrogen) atoms. The molecule has 1 aromatic rings. The second-order valence-electron chi connectivity index (χ2n) is 5.80. The Balaban J connectivity index is 1.51. The van der Waals surface area contributed by atoms with E-state index in [1.165, 1.54) is 0 Å². The Morgan fingerprint density at radius 3 is 2.67 bits per heavy atom. The van der Waals surface area contributed by atoms with Crippen molar-refractivity contribution in [3.05, 3.63) is 30.1 Å². The zero-order chi connectivity index (χ0) is 14.7. The minimum Gasteiger partial charge on any atom is -0.389 e. The van der Waals surface area contributed by atoms with Crippen LogP contribution in [0, 0.1) is 0 Å². The third-order valence-electron chi connectivity index (χ3n) is 4.35. The topological polar surface area (TPSA) is 69.1 Å². The number of aromatic nitrogens is 1. The highest BCUT2D eigenvalue weighted by molar-refractivity contribution is 5.03. The Kier molecular flexibility index (Phi) is 4.82. The molecule has 2 aliphatic rings. The first-order valence-electron chi connectivity index (χ1n) is 7.54. The van der Waals surface area contributed by atoms with Crippen molar-refractivity contribution in [1.82, 2.24) is 14.8 Å². The summed E-state index contributed by atoms with van der Waals surface area (Å²) in [5.41, 5.74) is 1.09. The molecule has 1 aromatic heterocycles. The van der Waals surface area contributed by atoms with Gasteiger partial charge in [-0.1, -0.05) is 6.07 Å². The molecule has 2 saturated heterocycles. The molecule has 0 bridgehead atoms. The van der Waals surface area contributed by atoms with Gasteiger partial charge in [0.1, 0.15) is 6.10 Å². The smallest absolute Gasteiger partial charge is 0.105 e. The highest BCUT2D eigenvalue weighted by Gasteiger charge is 2.36. The molecule has 0 unspecified atom stereocenters. The van der Waals surface area contributed by atoms with Gasteiger partial charge in [0.15, 0.2) is 0 Å². The van der Waals surface area contributed by atoms with Crippen molar-refractivity contribution < 1.29 is 14.9 Å². The Hall–Kier alpha value is -1.05. The van der Waals surface area contributed by atoms with Crippen LogP contribution in [0.4, 0.5) is 0 Å². The number of hydrogen-bond acceptors (Lipinski definition) is 6. The predicted octanol–water partition coefficient (Wildman–Crippen LogP) is -0.680. The number of piperazine rings is 1. The standard InChI is InChI=1S/C15H23N3O3/c19-14-11-21-10-13(15(14)20)18-7-5-17(6-8-18)9-12-3-1-2-4-16-12/h1-4,13-15,19-20H,5-11H2/t13-,14-,15+/m1/s1. The molecule has 0 aromatic carbocycles. The monoisotopic (exact) mass is 293 g/mol. The summed E-state index contributed by atoms with van der Waals surface area (Å²) in [5, 5.41) is 19.8. The maximum absolute atomic E-state index is 10.1. The van der Waals surface area contributed by atoms with Crippen molar-refractivity contribution >= 4 is 0 Å². The predicted molar refractivity (Wildman–Crippen MR) is 77.7 cm³/mol. The van der Waals surface area contributed by atoms with Gasteiger partial charge in [0, 0.05) is 38.9 Å². The molecule has 0 radical (unpaired) electrons. The summed E-state index contributed by atoms with van der Waals surface area (Å²) in [7, 11) is 0. The van der Waals surface area contributed by atoms with Crippen molar-refractivity contribution in [2.45, 2.75) is 24.8 Å². The van der Waals surface area contributed by atoms with Gasteiger partial charge in [0.05, 0.1) is 31.1 Å². The van der Waals surface area contributed by atoms with Crippen LogP contribution in [0.2, 0.25) is 0 Å². The molecular weight excluding hydrogens is 270 g/mol. The van der Waals surface area contributed by atoms with E-state index in [0.29, 0.717) is 6.61 Å². The molecule has 2 fully saturated rings. The summed E-state index contributed by atoms with van der Waals surface area (Å²) in [6, 6.07) is 5.89. The normalized spacial score (nSPS) is 32.2. The van der Waals surface area contributed by atoms with Crippen molar-refractivity contribution in [2.75, 3.05) is 39.4 Å². The van der Waals surface area contributed by atoms with Gasteiger partial charge in [0.2, 0.25) is 0 Å². The number of ether oxygens (including phenoxy) is 1. The Morgan fingerprint density at radius 1 is 1.14 bits per heavy atom. The summed E-state index contributed by atoms with van der Waals surface area (Å²) in [6.45, 7) is 5.23. The van der Waals surface area contributed by atoms with Crippen LogP contribution in [0.5, 0.6) is 0 Å². The van der Waals surface area contributed by atoms with E-state index in [4.69, 9.17) is 4.74 Å². The fourth-order valence-corrected chi connectivity index (χ4v) is 3.06. The van der Waals surface area contributed by atoms with E-state index in [0.717, 1.165) is 38.4 Å². The number of rotatable bonds is 3. The van der Waals surface area contributed by atoms with Crippen LogP contribution >= 0.6 is 0 Å². The van der Waals surface area contributed by atoms with Gasteiger partial charge in [-0.25, -0.2) is 0 Å². The lowest BCUT2D eigenvalue weighted by Crippen LogP contribution is -2.60. The molecule has 2 N–H and O–H groups in total. The number of hydrogen-bond donors (Lipinski definition) is 2. The number of aliphatic hydroxyl groups excluding tert-OH is 2. The van der Waals surface area contributed by atoms with Gasteiger partial charge in [0.25, 0.3) is 0 Å². The fraction of sp³-hybridized carbons (Fsp3) is 0.667. The van der Waals surface area contributed by atoms with Gasteiger partial charge in [-0.2, -0.15) is 0 Å². The lowest BCUT2D eigenvalue weighted by atomic mass is 10.0. The summed E-state index contributed by atoms with van der Waals surface area (Å²) in [4.78, 5) is 8.95. The minimum atomic E-state index is -0.768. The highest BCUT2D eigenvalue weighted by atomic mass is 16.5. The lowest BCUT2D eigenvalue weighted by molar-refractivity contribution is -0.137. The number of aliphatic hydroxyl groups is 2. The molecule has 6 nitrogen and oxygen atoms in total. The van der Waals surface area contributed by atoms with E-state index >= 15 is 0 Å². The van der Waals surface area contributed by atoms with Crippen molar-refractivity contribution in [3.63, 3.8) is 0 Å². The fourth-order valence-electron chi connectivity index (χ4n) is 3.06. The molecule has 3 heterocycles. The van der Waals surface area contributed by atoms with Crippen LogP contribution in [-0.2, 0) is 11.3 Å². The SMILES string of the molecule is O[C@@H]1[C@H](O)COC[C@H]1N1CCN(Cc2ccccn2)CC1. The summed E-state index contributed by atoms with van der Waals surface area (Å²) in [6.07, 6.45) is 0.347.